The van der Waals surface area contributed by atoms with Crippen molar-refractivity contribution >= 4 is 5.91 Å². The van der Waals surface area contributed by atoms with Crippen LogP contribution in [0.1, 0.15) is 73.1 Å². The number of rotatable bonds is 7. The third-order valence-electron chi connectivity index (χ3n) is 5.87. The molecular formula is C18H34N2O. The molecule has 0 bridgehead atoms. The van der Waals surface area contributed by atoms with Crippen LogP contribution in [0.15, 0.2) is 0 Å². The van der Waals surface area contributed by atoms with Crippen molar-refractivity contribution < 1.29 is 4.79 Å². The van der Waals surface area contributed by atoms with Crippen LogP contribution in [-0.2, 0) is 4.79 Å². The summed E-state index contributed by atoms with van der Waals surface area (Å²) >= 11 is 0. The molecule has 3 unspecified atom stereocenters. The van der Waals surface area contributed by atoms with E-state index in [0.29, 0.717) is 23.2 Å². The number of hydrogen-bond donors (Lipinski definition) is 1. The molecule has 1 amide bonds. The highest BCUT2D eigenvalue weighted by atomic mass is 16.2. The average molecular weight is 294 g/mol. The van der Waals surface area contributed by atoms with Gasteiger partial charge in [0.05, 0.1) is 12.2 Å². The van der Waals surface area contributed by atoms with Crippen LogP contribution in [0.25, 0.3) is 0 Å². The van der Waals surface area contributed by atoms with Gasteiger partial charge in [-0.2, -0.15) is 0 Å². The van der Waals surface area contributed by atoms with Crippen LogP contribution < -0.4 is 5.32 Å². The standard InChI is InChI=1S/C18H34N2O/c1-6-14(5)16-17(21)20(15(19-16)11-13(3)4)12-18(7-2)9-8-10-18/h13-16,19H,6-12H2,1-5H3. The first kappa shape index (κ1) is 16.8. The molecule has 2 fully saturated rings. The third-order valence-corrected chi connectivity index (χ3v) is 5.87. The van der Waals surface area contributed by atoms with Gasteiger partial charge in [-0.05, 0) is 42.9 Å². The Kier molecular flexibility index (Phi) is 5.34. The smallest absolute Gasteiger partial charge is 0.241 e. The Morgan fingerprint density at radius 1 is 1.29 bits per heavy atom. The summed E-state index contributed by atoms with van der Waals surface area (Å²) in [6.45, 7) is 12.1. The molecule has 1 heterocycles. The van der Waals surface area contributed by atoms with E-state index in [9.17, 15) is 4.79 Å². The summed E-state index contributed by atoms with van der Waals surface area (Å²) in [6.07, 6.45) is 7.53. The van der Waals surface area contributed by atoms with Gasteiger partial charge < -0.3 is 4.90 Å². The lowest BCUT2D eigenvalue weighted by Crippen LogP contribution is -2.47. The molecule has 122 valence electrons. The fraction of sp³-hybridized carbons (Fsp3) is 0.944. The van der Waals surface area contributed by atoms with Gasteiger partial charge in [0.1, 0.15) is 0 Å². The predicted molar refractivity (Wildman–Crippen MR) is 87.9 cm³/mol. The summed E-state index contributed by atoms with van der Waals surface area (Å²) in [4.78, 5) is 15.1. The molecule has 3 nitrogen and oxygen atoms in total. The van der Waals surface area contributed by atoms with E-state index >= 15 is 0 Å². The normalized spacial score (nSPS) is 29.8. The fourth-order valence-electron chi connectivity index (χ4n) is 3.84. The SMILES string of the molecule is CCC(C)C1NC(CC(C)C)N(CC2(CC)CCC2)C1=O. The highest BCUT2D eigenvalue weighted by Gasteiger charge is 2.46. The van der Waals surface area contributed by atoms with E-state index in [2.05, 4.69) is 44.8 Å². The number of nitrogens with one attached hydrogen (secondary N) is 1. The zero-order valence-corrected chi connectivity index (χ0v) is 14.6. The summed E-state index contributed by atoms with van der Waals surface area (Å²) in [6, 6.07) is 0.0349. The molecule has 0 aromatic rings. The van der Waals surface area contributed by atoms with E-state index in [1.54, 1.807) is 0 Å². The Hall–Kier alpha value is -0.570. The van der Waals surface area contributed by atoms with Crippen molar-refractivity contribution in [2.75, 3.05) is 6.54 Å². The van der Waals surface area contributed by atoms with Gasteiger partial charge in [-0.15, -0.1) is 0 Å². The van der Waals surface area contributed by atoms with Gasteiger partial charge in [-0.3, -0.25) is 10.1 Å². The summed E-state index contributed by atoms with van der Waals surface area (Å²) in [5, 5.41) is 3.64. The number of carbonyl (C=O) groups is 1. The molecule has 1 aliphatic heterocycles. The van der Waals surface area contributed by atoms with E-state index in [-0.39, 0.29) is 12.2 Å². The highest BCUT2D eigenvalue weighted by molar-refractivity contribution is 5.84. The first-order valence-electron chi connectivity index (χ1n) is 8.99. The van der Waals surface area contributed by atoms with Gasteiger partial charge in [-0.1, -0.05) is 47.5 Å². The molecule has 1 N–H and O–H groups in total. The van der Waals surface area contributed by atoms with Crippen LogP contribution in [0.2, 0.25) is 0 Å². The Balaban J connectivity index is 2.11. The number of carbonyl (C=O) groups excluding carboxylic acids is 1. The van der Waals surface area contributed by atoms with Gasteiger partial charge in [0.15, 0.2) is 0 Å². The molecule has 1 aliphatic carbocycles. The first-order valence-corrected chi connectivity index (χ1v) is 8.99. The maximum Gasteiger partial charge on any atom is 0.241 e. The number of hydrogen-bond acceptors (Lipinski definition) is 2. The summed E-state index contributed by atoms with van der Waals surface area (Å²) in [5.74, 6) is 1.40. The molecule has 3 atom stereocenters. The van der Waals surface area contributed by atoms with E-state index in [0.717, 1.165) is 19.4 Å². The molecule has 3 heteroatoms. The lowest BCUT2D eigenvalue weighted by Gasteiger charge is -2.45. The summed E-state index contributed by atoms with van der Waals surface area (Å²) in [5.41, 5.74) is 0.414. The van der Waals surface area contributed by atoms with Crippen molar-refractivity contribution in [3.8, 4) is 0 Å². The second-order valence-electron chi connectivity index (χ2n) is 7.85. The maximum atomic E-state index is 12.9. The van der Waals surface area contributed by atoms with Crippen molar-refractivity contribution in [3.63, 3.8) is 0 Å². The van der Waals surface area contributed by atoms with Crippen molar-refractivity contribution in [1.82, 2.24) is 10.2 Å². The fourth-order valence-corrected chi connectivity index (χ4v) is 3.84. The minimum absolute atomic E-state index is 0.0349. The minimum Gasteiger partial charge on any atom is -0.325 e. The quantitative estimate of drug-likeness (QED) is 0.775. The second-order valence-corrected chi connectivity index (χ2v) is 7.85. The molecule has 2 rings (SSSR count). The summed E-state index contributed by atoms with van der Waals surface area (Å²) < 4.78 is 0. The first-order chi connectivity index (χ1) is 9.92. The van der Waals surface area contributed by atoms with E-state index in [1.807, 2.05) is 0 Å². The zero-order chi connectivity index (χ0) is 15.6. The van der Waals surface area contributed by atoms with Crippen LogP contribution >= 0.6 is 0 Å². The van der Waals surface area contributed by atoms with Crippen molar-refractivity contribution in [1.29, 1.82) is 0 Å². The van der Waals surface area contributed by atoms with Crippen molar-refractivity contribution in [3.05, 3.63) is 0 Å². The average Bonchev–Trinajstić information content (AvgIpc) is 2.69. The lowest BCUT2D eigenvalue weighted by molar-refractivity contribution is -0.133. The molecule has 1 saturated heterocycles. The largest absolute Gasteiger partial charge is 0.325 e. The molecule has 0 spiro atoms. The molecule has 0 aromatic carbocycles. The summed E-state index contributed by atoms with van der Waals surface area (Å²) in [7, 11) is 0. The number of nitrogens with zero attached hydrogens (tertiary/aromatic N) is 1. The molecule has 0 aromatic heterocycles. The Bertz CT molecular complexity index is 357. The van der Waals surface area contributed by atoms with Crippen LogP contribution in [-0.4, -0.2) is 29.6 Å². The molecule has 2 aliphatic rings. The van der Waals surface area contributed by atoms with E-state index < -0.39 is 0 Å². The zero-order valence-electron chi connectivity index (χ0n) is 14.6. The van der Waals surface area contributed by atoms with E-state index in [1.165, 1.54) is 25.7 Å². The number of amides is 1. The maximum absolute atomic E-state index is 12.9. The molecule has 0 radical (unpaired) electrons. The molecule has 21 heavy (non-hydrogen) atoms. The Morgan fingerprint density at radius 3 is 2.38 bits per heavy atom. The Labute approximate surface area is 130 Å². The van der Waals surface area contributed by atoms with Crippen molar-refractivity contribution in [2.45, 2.75) is 85.4 Å². The van der Waals surface area contributed by atoms with Crippen LogP contribution in [0.3, 0.4) is 0 Å². The monoisotopic (exact) mass is 294 g/mol. The van der Waals surface area contributed by atoms with Gasteiger partial charge in [0.25, 0.3) is 0 Å². The molecule has 1 saturated carbocycles. The van der Waals surface area contributed by atoms with Crippen molar-refractivity contribution in [2.24, 2.45) is 17.3 Å². The lowest BCUT2D eigenvalue weighted by atomic mass is 9.66. The van der Waals surface area contributed by atoms with Gasteiger partial charge in [0, 0.05) is 6.54 Å². The highest BCUT2D eigenvalue weighted by Crippen LogP contribution is 2.45. The topological polar surface area (TPSA) is 32.3 Å². The van der Waals surface area contributed by atoms with E-state index in [4.69, 9.17) is 0 Å². The minimum atomic E-state index is 0.0349. The van der Waals surface area contributed by atoms with Gasteiger partial charge in [-0.25, -0.2) is 0 Å². The Morgan fingerprint density at radius 2 is 1.95 bits per heavy atom. The van der Waals surface area contributed by atoms with Crippen LogP contribution in [0.4, 0.5) is 0 Å². The van der Waals surface area contributed by atoms with Gasteiger partial charge in [0.2, 0.25) is 5.91 Å². The predicted octanol–water partition coefficient (Wildman–Crippen LogP) is 3.79. The van der Waals surface area contributed by atoms with Crippen LogP contribution in [0, 0.1) is 17.3 Å². The third kappa shape index (κ3) is 3.44. The van der Waals surface area contributed by atoms with Crippen LogP contribution in [0.5, 0.6) is 0 Å². The molecular weight excluding hydrogens is 260 g/mol. The second kappa shape index (κ2) is 6.68. The van der Waals surface area contributed by atoms with Gasteiger partial charge >= 0.3 is 0 Å².